The highest BCUT2D eigenvalue weighted by Gasteiger charge is 2.27. The highest BCUT2D eigenvalue weighted by molar-refractivity contribution is 5.25. The van der Waals surface area contributed by atoms with Crippen LogP contribution in [0.2, 0.25) is 0 Å². The molecule has 0 amide bonds. The SMILES string of the molecule is OCC1CCCCC1CNC1CCCc2cccnc21. The summed E-state index contributed by atoms with van der Waals surface area (Å²) in [6.45, 7) is 1.39. The smallest absolute Gasteiger partial charge is 0.0605 e. The van der Waals surface area contributed by atoms with E-state index < -0.39 is 0 Å². The molecule has 3 unspecified atom stereocenters. The van der Waals surface area contributed by atoms with Crippen LogP contribution in [-0.4, -0.2) is 23.2 Å². The molecular weight excluding hydrogens is 248 g/mol. The van der Waals surface area contributed by atoms with E-state index in [2.05, 4.69) is 16.4 Å². The molecule has 110 valence electrons. The molecule has 1 heterocycles. The Morgan fingerprint density at radius 1 is 1.15 bits per heavy atom. The fourth-order valence-electron chi connectivity index (χ4n) is 3.90. The fourth-order valence-corrected chi connectivity index (χ4v) is 3.90. The minimum absolute atomic E-state index is 0.353. The summed E-state index contributed by atoms with van der Waals surface area (Å²) in [7, 11) is 0. The second-order valence-corrected chi connectivity index (χ2v) is 6.39. The minimum atomic E-state index is 0.353. The average Bonchev–Trinajstić information content (AvgIpc) is 2.53. The zero-order valence-corrected chi connectivity index (χ0v) is 12.2. The van der Waals surface area contributed by atoms with Crippen LogP contribution in [0.25, 0.3) is 0 Å². The van der Waals surface area contributed by atoms with Crippen molar-refractivity contribution in [2.45, 2.75) is 51.0 Å². The van der Waals surface area contributed by atoms with Crippen molar-refractivity contribution in [3.63, 3.8) is 0 Å². The van der Waals surface area contributed by atoms with Gasteiger partial charge in [0.15, 0.2) is 0 Å². The van der Waals surface area contributed by atoms with Gasteiger partial charge in [-0.3, -0.25) is 4.98 Å². The minimum Gasteiger partial charge on any atom is -0.396 e. The Morgan fingerprint density at radius 3 is 2.85 bits per heavy atom. The van der Waals surface area contributed by atoms with Crippen molar-refractivity contribution in [2.24, 2.45) is 11.8 Å². The predicted molar refractivity (Wildman–Crippen MR) is 80.5 cm³/mol. The Morgan fingerprint density at radius 2 is 2.00 bits per heavy atom. The van der Waals surface area contributed by atoms with Crippen LogP contribution in [0.15, 0.2) is 18.3 Å². The number of fused-ring (bicyclic) bond motifs is 1. The molecule has 1 saturated carbocycles. The molecule has 20 heavy (non-hydrogen) atoms. The largest absolute Gasteiger partial charge is 0.396 e. The van der Waals surface area contributed by atoms with Gasteiger partial charge in [0.1, 0.15) is 0 Å². The normalized spacial score (nSPS) is 29.9. The summed E-state index contributed by atoms with van der Waals surface area (Å²) in [5, 5.41) is 13.3. The van der Waals surface area contributed by atoms with Crippen LogP contribution < -0.4 is 5.32 Å². The molecular formula is C17H26N2O. The second kappa shape index (κ2) is 6.68. The molecule has 2 aliphatic carbocycles. The lowest BCUT2D eigenvalue weighted by Gasteiger charge is -2.33. The standard InChI is InChI=1S/C17H26N2O/c20-12-15-6-2-1-5-14(15)11-19-16-9-3-7-13-8-4-10-18-17(13)16/h4,8,10,14-16,19-20H,1-3,5-7,9,11-12H2. The van der Waals surface area contributed by atoms with E-state index in [0.717, 1.165) is 6.54 Å². The Balaban J connectivity index is 1.61. The number of pyridine rings is 1. The molecule has 1 aromatic heterocycles. The highest BCUT2D eigenvalue weighted by atomic mass is 16.3. The first kappa shape index (κ1) is 14.0. The van der Waals surface area contributed by atoms with Gasteiger partial charge in [0.05, 0.1) is 5.69 Å². The molecule has 0 radical (unpaired) electrons. The molecule has 0 saturated heterocycles. The van der Waals surface area contributed by atoms with Crippen molar-refractivity contribution < 1.29 is 5.11 Å². The summed E-state index contributed by atoms with van der Waals surface area (Å²) < 4.78 is 0. The highest BCUT2D eigenvalue weighted by Crippen LogP contribution is 2.31. The van der Waals surface area contributed by atoms with Gasteiger partial charge in [-0.15, -0.1) is 0 Å². The topological polar surface area (TPSA) is 45.1 Å². The maximum atomic E-state index is 9.52. The third-order valence-corrected chi connectivity index (χ3v) is 5.12. The number of nitrogens with one attached hydrogen (secondary N) is 1. The van der Waals surface area contributed by atoms with Crippen molar-refractivity contribution in [2.75, 3.05) is 13.2 Å². The summed E-state index contributed by atoms with van der Waals surface area (Å²) in [5.74, 6) is 1.14. The van der Waals surface area contributed by atoms with Gasteiger partial charge >= 0.3 is 0 Å². The van der Waals surface area contributed by atoms with Crippen molar-refractivity contribution in [3.8, 4) is 0 Å². The molecule has 3 heteroatoms. The third kappa shape index (κ3) is 3.04. The number of aliphatic hydroxyl groups is 1. The lowest BCUT2D eigenvalue weighted by Crippen LogP contribution is -2.35. The second-order valence-electron chi connectivity index (χ2n) is 6.39. The number of rotatable bonds is 4. The van der Waals surface area contributed by atoms with Crippen molar-refractivity contribution in [1.29, 1.82) is 0 Å². The van der Waals surface area contributed by atoms with Crippen LogP contribution in [0.1, 0.15) is 55.8 Å². The van der Waals surface area contributed by atoms with E-state index in [1.165, 1.54) is 56.2 Å². The van der Waals surface area contributed by atoms with Gasteiger partial charge < -0.3 is 10.4 Å². The van der Waals surface area contributed by atoms with Gasteiger partial charge in [-0.1, -0.05) is 18.9 Å². The molecule has 0 aliphatic heterocycles. The van der Waals surface area contributed by atoms with Gasteiger partial charge in [0.25, 0.3) is 0 Å². The first-order valence-corrected chi connectivity index (χ1v) is 8.16. The zero-order valence-electron chi connectivity index (χ0n) is 12.2. The molecule has 2 N–H and O–H groups in total. The Labute approximate surface area is 121 Å². The number of aliphatic hydroxyl groups excluding tert-OH is 1. The summed E-state index contributed by atoms with van der Waals surface area (Å²) in [4.78, 5) is 4.59. The van der Waals surface area contributed by atoms with Crippen LogP contribution >= 0.6 is 0 Å². The maximum absolute atomic E-state index is 9.52. The molecule has 0 bridgehead atoms. The third-order valence-electron chi connectivity index (χ3n) is 5.12. The number of aryl methyl sites for hydroxylation is 1. The lowest BCUT2D eigenvalue weighted by molar-refractivity contribution is 0.130. The van der Waals surface area contributed by atoms with E-state index >= 15 is 0 Å². The number of nitrogens with zero attached hydrogens (tertiary/aromatic N) is 1. The van der Waals surface area contributed by atoms with Crippen molar-refractivity contribution in [3.05, 3.63) is 29.6 Å². The van der Waals surface area contributed by atoms with Crippen molar-refractivity contribution in [1.82, 2.24) is 10.3 Å². The molecule has 0 spiro atoms. The van der Waals surface area contributed by atoms with Gasteiger partial charge in [0.2, 0.25) is 0 Å². The molecule has 1 aromatic rings. The number of hydrogen-bond donors (Lipinski definition) is 2. The Hall–Kier alpha value is -0.930. The summed E-state index contributed by atoms with van der Waals surface area (Å²) in [6, 6.07) is 4.68. The van der Waals surface area contributed by atoms with Crippen LogP contribution in [-0.2, 0) is 6.42 Å². The van der Waals surface area contributed by atoms with E-state index in [1.54, 1.807) is 0 Å². The number of aromatic nitrogens is 1. The Bertz CT molecular complexity index is 435. The maximum Gasteiger partial charge on any atom is 0.0605 e. The van der Waals surface area contributed by atoms with E-state index in [0.29, 0.717) is 24.5 Å². The van der Waals surface area contributed by atoms with Gasteiger partial charge in [-0.2, -0.15) is 0 Å². The van der Waals surface area contributed by atoms with Gasteiger partial charge in [0, 0.05) is 18.8 Å². The predicted octanol–water partition coefficient (Wildman–Crippen LogP) is 2.85. The molecule has 2 aliphatic rings. The summed E-state index contributed by atoms with van der Waals surface area (Å²) >= 11 is 0. The summed E-state index contributed by atoms with van der Waals surface area (Å²) in [5.41, 5.74) is 2.67. The van der Waals surface area contributed by atoms with Crippen LogP contribution in [0.4, 0.5) is 0 Å². The van der Waals surface area contributed by atoms with E-state index in [1.807, 2.05) is 12.3 Å². The molecule has 1 fully saturated rings. The molecule has 3 nitrogen and oxygen atoms in total. The van der Waals surface area contributed by atoms with Crippen LogP contribution in [0, 0.1) is 11.8 Å². The lowest BCUT2D eigenvalue weighted by atomic mass is 9.79. The average molecular weight is 274 g/mol. The molecule has 0 aromatic carbocycles. The van der Waals surface area contributed by atoms with Crippen molar-refractivity contribution >= 4 is 0 Å². The molecule has 3 rings (SSSR count). The first-order valence-electron chi connectivity index (χ1n) is 8.16. The quantitative estimate of drug-likeness (QED) is 0.887. The van der Waals surface area contributed by atoms with E-state index in [-0.39, 0.29) is 0 Å². The first-order chi connectivity index (χ1) is 9.88. The Kier molecular flexibility index (Phi) is 4.69. The van der Waals surface area contributed by atoms with E-state index in [9.17, 15) is 5.11 Å². The van der Waals surface area contributed by atoms with Gasteiger partial charge in [-0.25, -0.2) is 0 Å². The van der Waals surface area contributed by atoms with E-state index in [4.69, 9.17) is 0 Å². The zero-order chi connectivity index (χ0) is 13.8. The van der Waals surface area contributed by atoms with Gasteiger partial charge in [-0.05, 0) is 62.1 Å². The van der Waals surface area contributed by atoms with Crippen LogP contribution in [0.3, 0.4) is 0 Å². The fraction of sp³-hybridized carbons (Fsp3) is 0.706. The number of hydrogen-bond acceptors (Lipinski definition) is 3. The van der Waals surface area contributed by atoms with Crippen LogP contribution in [0.5, 0.6) is 0 Å². The summed E-state index contributed by atoms with van der Waals surface area (Å²) in [6.07, 6.45) is 10.6. The monoisotopic (exact) mass is 274 g/mol. The molecule has 3 atom stereocenters.